The monoisotopic (exact) mass is 249 g/mol. The molecule has 0 unspecified atom stereocenters. The summed E-state index contributed by atoms with van der Waals surface area (Å²) in [6.07, 6.45) is 0.955. The Morgan fingerprint density at radius 1 is 1.31 bits per heavy atom. The van der Waals surface area contributed by atoms with Crippen LogP contribution in [0.1, 0.15) is 27.2 Å². The van der Waals surface area contributed by atoms with Crippen molar-refractivity contribution < 1.29 is 8.42 Å². The zero-order valence-electron chi connectivity index (χ0n) is 10.4. The number of nitrogens with one attached hydrogen (secondary N) is 2. The first-order valence-electron chi connectivity index (χ1n) is 5.83. The molecule has 0 atom stereocenters. The van der Waals surface area contributed by atoms with Gasteiger partial charge in [0.1, 0.15) is 0 Å². The van der Waals surface area contributed by atoms with Crippen molar-refractivity contribution in [1.29, 1.82) is 0 Å². The number of piperazine rings is 1. The van der Waals surface area contributed by atoms with Crippen LogP contribution in [-0.4, -0.2) is 45.4 Å². The number of rotatable bonds is 5. The lowest BCUT2D eigenvalue weighted by atomic mass is 9.91. The molecule has 6 heteroatoms. The molecule has 16 heavy (non-hydrogen) atoms. The normalized spacial score (nSPS) is 19.9. The molecule has 1 rings (SSSR count). The van der Waals surface area contributed by atoms with E-state index in [1.54, 1.807) is 0 Å². The topological polar surface area (TPSA) is 61.4 Å². The molecule has 5 nitrogen and oxygen atoms in total. The first-order valence-corrected chi connectivity index (χ1v) is 7.27. The molecule has 0 spiro atoms. The summed E-state index contributed by atoms with van der Waals surface area (Å²) in [5, 5.41) is 3.14. The Labute approximate surface area is 98.8 Å². The predicted octanol–water partition coefficient (Wildman–Crippen LogP) is 0.162. The van der Waals surface area contributed by atoms with Gasteiger partial charge in [0, 0.05) is 32.7 Å². The molecule has 0 aromatic carbocycles. The molecule has 0 saturated carbocycles. The molecule has 1 heterocycles. The van der Waals surface area contributed by atoms with Gasteiger partial charge < -0.3 is 5.32 Å². The highest BCUT2D eigenvalue weighted by Crippen LogP contribution is 2.18. The van der Waals surface area contributed by atoms with Crippen molar-refractivity contribution in [3.8, 4) is 0 Å². The van der Waals surface area contributed by atoms with Gasteiger partial charge in [-0.3, -0.25) is 0 Å². The summed E-state index contributed by atoms with van der Waals surface area (Å²) in [7, 11) is -3.28. The molecule has 2 N–H and O–H groups in total. The molecule has 1 aliphatic rings. The molecule has 0 aromatic heterocycles. The summed E-state index contributed by atoms with van der Waals surface area (Å²) in [6, 6.07) is 0. The Balaban J connectivity index is 2.51. The zero-order valence-corrected chi connectivity index (χ0v) is 11.2. The van der Waals surface area contributed by atoms with Gasteiger partial charge in [-0.2, -0.15) is 12.7 Å². The molecule has 0 aliphatic carbocycles. The Hall–Kier alpha value is -0.170. The van der Waals surface area contributed by atoms with Crippen LogP contribution in [0.25, 0.3) is 0 Å². The SMILES string of the molecule is CCC(C)(C)CNS(=O)(=O)N1CCNCC1. The molecule has 0 amide bonds. The van der Waals surface area contributed by atoms with E-state index in [1.807, 2.05) is 0 Å². The average Bonchev–Trinajstić information content (AvgIpc) is 2.28. The van der Waals surface area contributed by atoms with Crippen molar-refractivity contribution in [3.63, 3.8) is 0 Å². The Morgan fingerprint density at radius 3 is 2.38 bits per heavy atom. The van der Waals surface area contributed by atoms with Gasteiger partial charge >= 0.3 is 0 Å². The summed E-state index contributed by atoms with van der Waals surface area (Å²) in [5.41, 5.74) is 0.0150. The molecule has 0 bridgehead atoms. The zero-order chi connectivity index (χ0) is 12.2. The molecule has 0 aromatic rings. The van der Waals surface area contributed by atoms with Gasteiger partial charge in [0.2, 0.25) is 0 Å². The first-order chi connectivity index (χ1) is 7.37. The van der Waals surface area contributed by atoms with Crippen LogP contribution in [-0.2, 0) is 10.2 Å². The van der Waals surface area contributed by atoms with Gasteiger partial charge in [-0.1, -0.05) is 20.8 Å². The number of nitrogens with zero attached hydrogens (tertiary/aromatic N) is 1. The van der Waals surface area contributed by atoms with Crippen LogP contribution in [0, 0.1) is 5.41 Å². The predicted molar refractivity (Wildman–Crippen MR) is 65.4 cm³/mol. The van der Waals surface area contributed by atoms with Crippen molar-refractivity contribution in [1.82, 2.24) is 14.3 Å². The lowest BCUT2D eigenvalue weighted by Gasteiger charge is -2.29. The highest BCUT2D eigenvalue weighted by atomic mass is 32.2. The van der Waals surface area contributed by atoms with Gasteiger partial charge in [-0.25, -0.2) is 4.72 Å². The van der Waals surface area contributed by atoms with Crippen molar-refractivity contribution in [3.05, 3.63) is 0 Å². The molecule has 1 fully saturated rings. The van der Waals surface area contributed by atoms with E-state index in [0.29, 0.717) is 19.6 Å². The summed E-state index contributed by atoms with van der Waals surface area (Å²) >= 11 is 0. The van der Waals surface area contributed by atoms with Gasteiger partial charge in [-0.05, 0) is 11.8 Å². The maximum absolute atomic E-state index is 11.9. The van der Waals surface area contributed by atoms with Gasteiger partial charge in [-0.15, -0.1) is 0 Å². The molecular formula is C10H23N3O2S. The van der Waals surface area contributed by atoms with Crippen LogP contribution in [0.3, 0.4) is 0 Å². The Kier molecular flexibility index (Phi) is 4.73. The van der Waals surface area contributed by atoms with Crippen LogP contribution >= 0.6 is 0 Å². The van der Waals surface area contributed by atoms with Crippen LogP contribution in [0.5, 0.6) is 0 Å². The summed E-state index contributed by atoms with van der Waals surface area (Å²) in [4.78, 5) is 0. The summed E-state index contributed by atoms with van der Waals surface area (Å²) in [6.45, 7) is 9.27. The largest absolute Gasteiger partial charge is 0.314 e. The minimum atomic E-state index is -3.28. The van der Waals surface area contributed by atoms with Crippen molar-refractivity contribution in [2.45, 2.75) is 27.2 Å². The summed E-state index contributed by atoms with van der Waals surface area (Å²) < 4.78 is 28.1. The fourth-order valence-electron chi connectivity index (χ4n) is 1.39. The van der Waals surface area contributed by atoms with E-state index in [9.17, 15) is 8.42 Å². The van der Waals surface area contributed by atoms with Crippen molar-refractivity contribution >= 4 is 10.2 Å². The maximum atomic E-state index is 11.9. The van der Waals surface area contributed by atoms with E-state index in [2.05, 4.69) is 30.8 Å². The van der Waals surface area contributed by atoms with E-state index in [4.69, 9.17) is 0 Å². The summed E-state index contributed by atoms with van der Waals surface area (Å²) in [5.74, 6) is 0. The fourth-order valence-corrected chi connectivity index (χ4v) is 2.81. The lowest BCUT2D eigenvalue weighted by Crippen LogP contribution is -2.51. The van der Waals surface area contributed by atoms with E-state index < -0.39 is 10.2 Å². The first kappa shape index (κ1) is 13.9. The standard InChI is InChI=1S/C10H23N3O2S/c1-4-10(2,3)9-12-16(14,15)13-7-5-11-6-8-13/h11-12H,4-9H2,1-3H3. The van der Waals surface area contributed by atoms with E-state index in [-0.39, 0.29) is 5.41 Å². The lowest BCUT2D eigenvalue weighted by molar-refractivity contribution is 0.326. The van der Waals surface area contributed by atoms with Crippen molar-refractivity contribution in [2.24, 2.45) is 5.41 Å². The van der Waals surface area contributed by atoms with Gasteiger partial charge in [0.25, 0.3) is 10.2 Å². The minimum absolute atomic E-state index is 0.0150. The van der Waals surface area contributed by atoms with Gasteiger partial charge in [0.15, 0.2) is 0 Å². The highest BCUT2D eigenvalue weighted by molar-refractivity contribution is 7.87. The number of hydrogen-bond acceptors (Lipinski definition) is 3. The molecule has 0 radical (unpaired) electrons. The van der Waals surface area contributed by atoms with Crippen LogP contribution in [0.4, 0.5) is 0 Å². The molecular weight excluding hydrogens is 226 g/mol. The third-order valence-electron chi connectivity index (χ3n) is 3.11. The average molecular weight is 249 g/mol. The third kappa shape index (κ3) is 4.01. The van der Waals surface area contributed by atoms with Crippen molar-refractivity contribution in [2.75, 3.05) is 32.7 Å². The molecule has 1 aliphatic heterocycles. The quantitative estimate of drug-likeness (QED) is 0.730. The number of hydrogen-bond donors (Lipinski definition) is 2. The minimum Gasteiger partial charge on any atom is -0.314 e. The smallest absolute Gasteiger partial charge is 0.279 e. The van der Waals surface area contributed by atoms with E-state index in [1.165, 1.54) is 4.31 Å². The Bertz CT molecular complexity index is 308. The van der Waals surface area contributed by atoms with Crippen LogP contribution in [0.15, 0.2) is 0 Å². The highest BCUT2D eigenvalue weighted by Gasteiger charge is 2.25. The molecule has 1 saturated heterocycles. The maximum Gasteiger partial charge on any atom is 0.279 e. The third-order valence-corrected chi connectivity index (χ3v) is 4.66. The fraction of sp³-hybridized carbons (Fsp3) is 1.00. The van der Waals surface area contributed by atoms with Crippen LogP contribution in [0.2, 0.25) is 0 Å². The van der Waals surface area contributed by atoms with E-state index >= 15 is 0 Å². The van der Waals surface area contributed by atoms with Gasteiger partial charge in [0.05, 0.1) is 0 Å². The second-order valence-electron chi connectivity index (χ2n) is 4.99. The second kappa shape index (κ2) is 5.44. The Morgan fingerprint density at radius 2 is 1.88 bits per heavy atom. The van der Waals surface area contributed by atoms with Crippen LogP contribution < -0.4 is 10.0 Å². The molecule has 96 valence electrons. The van der Waals surface area contributed by atoms with E-state index in [0.717, 1.165) is 19.5 Å². The second-order valence-corrected chi connectivity index (χ2v) is 6.75.